The van der Waals surface area contributed by atoms with Crippen LogP contribution in [0.2, 0.25) is 0 Å². The minimum atomic E-state index is -0.787. The summed E-state index contributed by atoms with van der Waals surface area (Å²) in [4.78, 5) is 17.2. The van der Waals surface area contributed by atoms with Crippen LogP contribution >= 0.6 is 0 Å². The highest BCUT2D eigenvalue weighted by Gasteiger charge is 2.25. The molecule has 0 aliphatic carbocycles. The normalized spacial score (nSPS) is 22.2. The number of carboxylic acids is 1. The maximum absolute atomic E-state index is 10.9. The molecule has 0 aromatic carbocycles. The molecule has 2 rings (SSSR count). The molecule has 6 heteroatoms. The zero-order chi connectivity index (χ0) is 11.5. The number of hydrogen-bond donors (Lipinski definition) is 2. The molecule has 0 spiro atoms. The summed E-state index contributed by atoms with van der Waals surface area (Å²) in [5.41, 5.74) is 0. The van der Waals surface area contributed by atoms with Gasteiger partial charge in [0.05, 0.1) is 6.54 Å². The Morgan fingerprint density at radius 1 is 1.75 bits per heavy atom. The lowest BCUT2D eigenvalue weighted by Crippen LogP contribution is -2.53. The van der Waals surface area contributed by atoms with Crippen molar-refractivity contribution in [3.05, 3.63) is 18.2 Å². The predicted molar refractivity (Wildman–Crippen MR) is 57.9 cm³/mol. The summed E-state index contributed by atoms with van der Waals surface area (Å²) in [5.74, 6) is 0.176. The number of aliphatic carboxylic acids is 1. The summed E-state index contributed by atoms with van der Waals surface area (Å²) < 4.78 is 1.96. The van der Waals surface area contributed by atoms with E-state index < -0.39 is 12.0 Å². The number of carbonyl (C=O) groups is 1. The minimum Gasteiger partial charge on any atom is -0.480 e. The molecule has 1 saturated heterocycles. The minimum absolute atomic E-state index is 0.464. The van der Waals surface area contributed by atoms with Gasteiger partial charge in [-0.1, -0.05) is 0 Å². The molecule has 6 nitrogen and oxygen atoms in total. The highest BCUT2D eigenvalue weighted by molar-refractivity contribution is 5.73. The number of piperazine rings is 1. The Morgan fingerprint density at radius 3 is 3.19 bits per heavy atom. The van der Waals surface area contributed by atoms with Gasteiger partial charge in [0.25, 0.3) is 0 Å². The quantitative estimate of drug-likeness (QED) is 0.709. The Kier molecular flexibility index (Phi) is 3.21. The largest absolute Gasteiger partial charge is 0.480 e. The molecule has 0 radical (unpaired) electrons. The maximum Gasteiger partial charge on any atom is 0.322 e. The highest BCUT2D eigenvalue weighted by Crippen LogP contribution is 2.05. The monoisotopic (exact) mass is 224 g/mol. The molecular formula is C10H16N4O2. The van der Waals surface area contributed by atoms with Crippen LogP contribution in [0.3, 0.4) is 0 Å². The summed E-state index contributed by atoms with van der Waals surface area (Å²) in [5, 5.41) is 11.9. The molecule has 2 heterocycles. The van der Waals surface area contributed by atoms with E-state index in [2.05, 4.69) is 15.2 Å². The van der Waals surface area contributed by atoms with Crippen LogP contribution in [0.5, 0.6) is 0 Å². The number of aryl methyl sites for hydroxylation is 1. The third kappa shape index (κ3) is 2.40. The Labute approximate surface area is 93.9 Å². The van der Waals surface area contributed by atoms with Gasteiger partial charge in [-0.05, 0) is 0 Å². The van der Waals surface area contributed by atoms with Gasteiger partial charge in [0, 0.05) is 39.1 Å². The van der Waals surface area contributed by atoms with Crippen LogP contribution in [0, 0.1) is 0 Å². The molecule has 1 aliphatic heterocycles. The molecule has 1 unspecified atom stereocenters. The standard InChI is InChI=1S/C10H16N4O2/c1-13-4-2-12-9(13)7-14-5-3-11-8(6-14)10(15)16/h2,4,8,11H,3,5-7H2,1H3,(H,15,16). The van der Waals surface area contributed by atoms with Crippen LogP contribution in [-0.2, 0) is 18.4 Å². The number of imidazole rings is 1. The smallest absolute Gasteiger partial charge is 0.322 e. The van der Waals surface area contributed by atoms with Gasteiger partial charge in [-0.3, -0.25) is 9.69 Å². The van der Waals surface area contributed by atoms with Gasteiger partial charge in [0.15, 0.2) is 0 Å². The van der Waals surface area contributed by atoms with E-state index in [1.54, 1.807) is 6.20 Å². The van der Waals surface area contributed by atoms with E-state index in [9.17, 15) is 4.79 Å². The first kappa shape index (κ1) is 11.1. The van der Waals surface area contributed by atoms with Crippen LogP contribution < -0.4 is 5.32 Å². The Hall–Kier alpha value is -1.40. The predicted octanol–water partition coefficient (Wildman–Crippen LogP) is -0.721. The number of carboxylic acid groups (broad SMARTS) is 1. The molecule has 88 valence electrons. The van der Waals surface area contributed by atoms with Gasteiger partial charge >= 0.3 is 5.97 Å². The van der Waals surface area contributed by atoms with Crippen molar-refractivity contribution in [1.29, 1.82) is 0 Å². The molecule has 1 aliphatic rings. The number of nitrogens with one attached hydrogen (secondary N) is 1. The Morgan fingerprint density at radius 2 is 2.56 bits per heavy atom. The second-order valence-electron chi connectivity index (χ2n) is 4.03. The van der Waals surface area contributed by atoms with Crippen molar-refractivity contribution < 1.29 is 9.90 Å². The van der Waals surface area contributed by atoms with Crippen molar-refractivity contribution >= 4 is 5.97 Å². The first-order valence-corrected chi connectivity index (χ1v) is 5.31. The van der Waals surface area contributed by atoms with Crippen LogP contribution in [0.15, 0.2) is 12.4 Å². The first-order valence-electron chi connectivity index (χ1n) is 5.31. The second-order valence-corrected chi connectivity index (χ2v) is 4.03. The fourth-order valence-corrected chi connectivity index (χ4v) is 1.87. The SMILES string of the molecule is Cn1ccnc1CN1CCNC(C(=O)O)C1. The first-order chi connectivity index (χ1) is 7.66. The van der Waals surface area contributed by atoms with Gasteiger partial charge < -0.3 is 15.0 Å². The molecule has 0 amide bonds. The van der Waals surface area contributed by atoms with Crippen LogP contribution in [0.4, 0.5) is 0 Å². The maximum atomic E-state index is 10.9. The van der Waals surface area contributed by atoms with Crippen molar-refractivity contribution in [3.63, 3.8) is 0 Å². The van der Waals surface area contributed by atoms with Gasteiger partial charge in [0.2, 0.25) is 0 Å². The van der Waals surface area contributed by atoms with E-state index in [-0.39, 0.29) is 0 Å². The van der Waals surface area contributed by atoms with Crippen molar-refractivity contribution in [3.8, 4) is 0 Å². The van der Waals surface area contributed by atoms with Crippen molar-refractivity contribution in [1.82, 2.24) is 19.8 Å². The molecule has 0 bridgehead atoms. The number of aromatic nitrogens is 2. The summed E-state index contributed by atoms with van der Waals surface area (Å²) >= 11 is 0. The van der Waals surface area contributed by atoms with Crippen LogP contribution in [0.25, 0.3) is 0 Å². The molecule has 1 aromatic heterocycles. The van der Waals surface area contributed by atoms with Gasteiger partial charge in [-0.15, -0.1) is 0 Å². The Balaban J connectivity index is 1.95. The molecule has 1 atom stereocenters. The highest BCUT2D eigenvalue weighted by atomic mass is 16.4. The fraction of sp³-hybridized carbons (Fsp3) is 0.600. The van der Waals surface area contributed by atoms with E-state index in [1.807, 2.05) is 17.8 Å². The summed E-state index contributed by atoms with van der Waals surface area (Å²) in [6, 6.07) is -0.464. The molecule has 1 fully saturated rings. The van der Waals surface area contributed by atoms with Crippen molar-refractivity contribution in [2.24, 2.45) is 7.05 Å². The van der Waals surface area contributed by atoms with E-state index in [1.165, 1.54) is 0 Å². The molecule has 2 N–H and O–H groups in total. The van der Waals surface area contributed by atoms with E-state index in [4.69, 9.17) is 5.11 Å². The van der Waals surface area contributed by atoms with Crippen LogP contribution in [-0.4, -0.2) is 51.2 Å². The second kappa shape index (κ2) is 4.63. The molecule has 0 saturated carbocycles. The fourth-order valence-electron chi connectivity index (χ4n) is 1.87. The lowest BCUT2D eigenvalue weighted by molar-refractivity contribution is -0.140. The average molecular weight is 224 g/mol. The zero-order valence-corrected chi connectivity index (χ0v) is 9.26. The van der Waals surface area contributed by atoms with E-state index in [0.717, 1.165) is 12.4 Å². The van der Waals surface area contributed by atoms with E-state index in [0.29, 0.717) is 19.6 Å². The number of rotatable bonds is 3. The van der Waals surface area contributed by atoms with Gasteiger partial charge in [-0.2, -0.15) is 0 Å². The van der Waals surface area contributed by atoms with Crippen molar-refractivity contribution in [2.45, 2.75) is 12.6 Å². The lowest BCUT2D eigenvalue weighted by atomic mass is 10.2. The number of hydrogen-bond acceptors (Lipinski definition) is 4. The average Bonchev–Trinajstić information content (AvgIpc) is 2.65. The van der Waals surface area contributed by atoms with Crippen molar-refractivity contribution in [2.75, 3.05) is 19.6 Å². The third-order valence-corrected chi connectivity index (χ3v) is 2.84. The summed E-state index contributed by atoms with van der Waals surface area (Å²) in [6.07, 6.45) is 3.65. The van der Waals surface area contributed by atoms with E-state index >= 15 is 0 Å². The molecule has 1 aromatic rings. The van der Waals surface area contributed by atoms with Gasteiger partial charge in [0.1, 0.15) is 11.9 Å². The van der Waals surface area contributed by atoms with Gasteiger partial charge in [-0.25, -0.2) is 4.98 Å². The zero-order valence-electron chi connectivity index (χ0n) is 9.26. The van der Waals surface area contributed by atoms with Crippen LogP contribution in [0.1, 0.15) is 5.82 Å². The third-order valence-electron chi connectivity index (χ3n) is 2.84. The summed E-state index contributed by atoms with van der Waals surface area (Å²) in [6.45, 7) is 2.80. The summed E-state index contributed by atoms with van der Waals surface area (Å²) in [7, 11) is 1.94. The number of nitrogens with zero attached hydrogens (tertiary/aromatic N) is 3. The molecule has 16 heavy (non-hydrogen) atoms. The topological polar surface area (TPSA) is 70.4 Å². The lowest BCUT2D eigenvalue weighted by Gasteiger charge is -2.31. The molecular weight excluding hydrogens is 208 g/mol. The Bertz CT molecular complexity index is 377.